The predicted molar refractivity (Wildman–Crippen MR) is 395 cm³/mol. The van der Waals surface area contributed by atoms with Gasteiger partial charge in [-0.05, 0) is 172 Å². The van der Waals surface area contributed by atoms with Crippen molar-refractivity contribution in [2.24, 2.45) is 0 Å². The molecule has 0 aliphatic carbocycles. The summed E-state index contributed by atoms with van der Waals surface area (Å²) in [6.45, 7) is 55.6. The first-order chi connectivity index (χ1) is 41.9. The van der Waals surface area contributed by atoms with Crippen LogP contribution in [0.5, 0.6) is 0 Å². The van der Waals surface area contributed by atoms with E-state index in [1.165, 1.54) is 16.8 Å². The molecule has 86 heavy (non-hydrogen) atoms. The molecule has 0 heterocycles. The van der Waals surface area contributed by atoms with E-state index < -0.39 is 0 Å². The molecule has 0 fully saturated rings. The average molecular weight is 1150 g/mol. The number of hydrogen-bond acceptors (Lipinski definition) is 3. The summed E-state index contributed by atoms with van der Waals surface area (Å²) in [5.41, 5.74) is 17.2. The summed E-state index contributed by atoms with van der Waals surface area (Å²) in [7, 11) is 2.14. The third kappa shape index (κ3) is 28.0. The van der Waals surface area contributed by atoms with Gasteiger partial charge < -0.3 is 14.7 Å². The van der Waals surface area contributed by atoms with E-state index >= 15 is 0 Å². The molecule has 0 atom stereocenters. The molecule has 0 unspecified atom stereocenters. The predicted octanol–water partition coefficient (Wildman–Crippen LogP) is 24.7. The minimum Gasteiger partial charge on any atom is -0.346 e. The maximum absolute atomic E-state index is 4.79. The first kappa shape index (κ1) is 79.0. The number of benzene rings is 6. The summed E-state index contributed by atoms with van der Waals surface area (Å²) >= 11 is 0. The molecule has 0 bridgehead atoms. The smallest absolute Gasteiger partial charge is 0.0455 e. The van der Waals surface area contributed by atoms with Crippen molar-refractivity contribution in [3.63, 3.8) is 0 Å². The fourth-order valence-corrected chi connectivity index (χ4v) is 8.54. The van der Waals surface area contributed by atoms with Crippen molar-refractivity contribution in [1.29, 1.82) is 0 Å². The lowest BCUT2D eigenvalue weighted by molar-refractivity contribution is 0.860. The Bertz CT molecular complexity index is 3010. The van der Waals surface area contributed by atoms with Crippen LogP contribution in [0.25, 0.3) is 11.1 Å². The maximum atomic E-state index is 4.79. The maximum Gasteiger partial charge on any atom is 0.0455 e. The molecule has 0 saturated heterocycles. The molecular formula is C83H107N3. The third-order valence-corrected chi connectivity index (χ3v) is 12.4. The van der Waals surface area contributed by atoms with E-state index in [4.69, 9.17) is 6.58 Å². The van der Waals surface area contributed by atoms with E-state index in [1.807, 2.05) is 117 Å². The van der Waals surface area contributed by atoms with Gasteiger partial charge in [0.2, 0.25) is 0 Å². The molecule has 0 aliphatic rings. The van der Waals surface area contributed by atoms with Crippen LogP contribution in [-0.4, -0.2) is 13.6 Å². The van der Waals surface area contributed by atoms with E-state index in [9.17, 15) is 0 Å². The van der Waals surface area contributed by atoms with Crippen molar-refractivity contribution in [3.05, 3.63) is 339 Å². The van der Waals surface area contributed by atoms with Crippen molar-refractivity contribution < 1.29 is 0 Å². The van der Waals surface area contributed by atoms with E-state index in [-0.39, 0.29) is 0 Å². The molecule has 6 rings (SSSR count). The molecule has 6 aromatic carbocycles. The number of rotatable bonds is 23. The fraction of sp³-hybridized carbons (Fsp3) is 0.229. The van der Waals surface area contributed by atoms with Crippen LogP contribution in [0.2, 0.25) is 0 Å². The quantitative estimate of drug-likeness (QED) is 0.0274. The van der Waals surface area contributed by atoms with Gasteiger partial charge in [0.15, 0.2) is 0 Å². The highest BCUT2D eigenvalue weighted by atomic mass is 15.1. The zero-order valence-electron chi connectivity index (χ0n) is 55.5. The standard InChI is InChI=1S/C62H69N3.C6H6.C4H6.C3H6.3C2H6.C2H2/c1-12-17-22-28-48(8)50(10)61(52-30-24-20-25-31-52)62(53-37-41-58(42-38-53)65(47(6)7)55(15-4)32-19-14-3)60-44-43-59(63(11)56-33-26-21-27-34-56)46-54(60)45-51-35-39-57(40-36-51)64(16-5)49(9)29-23-18-13-2;1-2-4-6-5-3-1;1-3-4-2;1-3-2;4*1-2/h12-14,17-22,24-28,30-44,46H,6,8-10,15-16,23,29,45H2,1-5,7,11H3;1-6H;3-4H,1-2H2;3H,1H2,2H3;3*1-2H3;1-2H/b17-12-,18-13-,19-14-,28-22-,55-32+,62-61+;;;;;;;. The zero-order chi connectivity index (χ0) is 65.1. The Kier molecular flexibility index (Phi) is 46.3. The summed E-state index contributed by atoms with van der Waals surface area (Å²) in [5.74, 6) is 0. The van der Waals surface area contributed by atoms with Gasteiger partial charge in [0, 0.05) is 53.4 Å². The van der Waals surface area contributed by atoms with Crippen LogP contribution < -0.4 is 14.7 Å². The van der Waals surface area contributed by atoms with Crippen LogP contribution in [0.1, 0.15) is 137 Å². The van der Waals surface area contributed by atoms with Gasteiger partial charge in [-0.2, -0.15) is 0 Å². The van der Waals surface area contributed by atoms with Crippen molar-refractivity contribution in [1.82, 2.24) is 0 Å². The van der Waals surface area contributed by atoms with Gasteiger partial charge in [-0.15, -0.1) is 19.4 Å². The van der Waals surface area contributed by atoms with Crippen molar-refractivity contribution >= 4 is 33.9 Å². The molecule has 0 aromatic heterocycles. The number of terminal acetylenes is 1. The second-order valence-corrected chi connectivity index (χ2v) is 18.2. The van der Waals surface area contributed by atoms with E-state index in [2.05, 4.69) is 266 Å². The second-order valence-electron chi connectivity index (χ2n) is 18.2. The van der Waals surface area contributed by atoms with Gasteiger partial charge >= 0.3 is 0 Å². The van der Waals surface area contributed by atoms with Gasteiger partial charge in [0.1, 0.15) is 0 Å². The van der Waals surface area contributed by atoms with Crippen LogP contribution in [0, 0.1) is 12.8 Å². The van der Waals surface area contributed by atoms with E-state index in [1.54, 1.807) is 18.2 Å². The number of allylic oxidation sites excluding steroid dienone is 18. The van der Waals surface area contributed by atoms with Crippen LogP contribution in [-0.2, 0) is 6.42 Å². The topological polar surface area (TPSA) is 9.72 Å². The molecule has 3 heteroatoms. The van der Waals surface area contributed by atoms with E-state index in [0.29, 0.717) is 6.42 Å². The zero-order valence-corrected chi connectivity index (χ0v) is 55.5. The molecular weight excluding hydrogens is 1040 g/mol. The summed E-state index contributed by atoms with van der Waals surface area (Å²) in [6, 6.07) is 58.1. The van der Waals surface area contributed by atoms with Crippen molar-refractivity contribution in [3.8, 4) is 12.8 Å². The SMILES string of the molecule is C#C.C=C(/C=C\C=C/C)C(=C)/C(=C(/c1ccc(N(C(=C)C)/C(=C/C=C\C)CC)cc1)c1ccc(N(C)c2ccccc2)cc1Cc1ccc(N(CC)C(=C)CC/C=C\C)cc1)c1ccccc1.C=CC.C=CC=C.CC.CC.CC.c1ccccc1. The van der Waals surface area contributed by atoms with Crippen molar-refractivity contribution in [2.45, 2.75) is 116 Å². The lowest BCUT2D eigenvalue weighted by Crippen LogP contribution is -2.21. The van der Waals surface area contributed by atoms with Crippen LogP contribution in [0.15, 0.2) is 311 Å². The van der Waals surface area contributed by atoms with Gasteiger partial charge in [-0.1, -0.05) is 270 Å². The molecule has 0 radical (unpaired) electrons. The van der Waals surface area contributed by atoms with Crippen LogP contribution >= 0.6 is 0 Å². The van der Waals surface area contributed by atoms with Gasteiger partial charge in [-0.3, -0.25) is 0 Å². The fourth-order valence-electron chi connectivity index (χ4n) is 8.54. The van der Waals surface area contributed by atoms with Crippen LogP contribution in [0.4, 0.5) is 22.7 Å². The average Bonchev–Trinajstić information content (AvgIpc) is 1.40. The molecule has 0 N–H and O–H groups in total. The Morgan fingerprint density at radius 2 is 1.03 bits per heavy atom. The summed E-state index contributed by atoms with van der Waals surface area (Å²) in [5, 5.41) is 0. The van der Waals surface area contributed by atoms with Crippen molar-refractivity contribution in [2.75, 3.05) is 28.3 Å². The number of anilines is 4. The summed E-state index contributed by atoms with van der Waals surface area (Å²) in [6.07, 6.45) is 35.3. The molecule has 0 saturated carbocycles. The Labute approximate surface area is 526 Å². The van der Waals surface area contributed by atoms with Gasteiger partial charge in [-0.25, -0.2) is 0 Å². The highest BCUT2D eigenvalue weighted by molar-refractivity contribution is 6.07. The minimum absolute atomic E-state index is 0.706. The Morgan fingerprint density at radius 3 is 1.50 bits per heavy atom. The van der Waals surface area contributed by atoms with Gasteiger partial charge in [0.25, 0.3) is 0 Å². The Balaban J connectivity index is 0. The van der Waals surface area contributed by atoms with E-state index in [0.717, 1.165) is 98.9 Å². The first-order valence-corrected chi connectivity index (χ1v) is 30.5. The second kappa shape index (κ2) is 50.4. The normalized spacial score (nSPS) is 10.4. The highest BCUT2D eigenvalue weighted by Gasteiger charge is 2.23. The monoisotopic (exact) mass is 1150 g/mol. The first-order valence-electron chi connectivity index (χ1n) is 30.5. The largest absolute Gasteiger partial charge is 0.346 e. The highest BCUT2D eigenvalue weighted by Crippen LogP contribution is 2.42. The lowest BCUT2D eigenvalue weighted by atomic mass is 9.81. The number of hydrogen-bond donors (Lipinski definition) is 0. The molecule has 454 valence electrons. The minimum atomic E-state index is 0.706. The lowest BCUT2D eigenvalue weighted by Gasteiger charge is -2.28. The molecule has 0 aliphatic heterocycles. The molecule has 0 amide bonds. The summed E-state index contributed by atoms with van der Waals surface area (Å²) < 4.78 is 0. The Hall–Kier alpha value is -9.10. The Morgan fingerprint density at radius 1 is 0.547 bits per heavy atom. The third-order valence-electron chi connectivity index (χ3n) is 12.4. The summed E-state index contributed by atoms with van der Waals surface area (Å²) in [4.78, 5) is 6.83. The van der Waals surface area contributed by atoms with Gasteiger partial charge in [0.05, 0.1) is 0 Å². The molecule has 3 nitrogen and oxygen atoms in total. The number of nitrogens with zero attached hydrogens (tertiary/aromatic N) is 3. The van der Waals surface area contributed by atoms with Crippen LogP contribution in [0.3, 0.4) is 0 Å². The number of para-hydroxylation sites is 1. The molecule has 6 aromatic rings. The molecule has 0 spiro atoms.